The topological polar surface area (TPSA) is 59.5 Å². The monoisotopic (exact) mass is 330 g/mol. The predicted molar refractivity (Wildman–Crippen MR) is 92.2 cm³/mol. The van der Waals surface area contributed by atoms with E-state index in [1.54, 1.807) is 42.4 Å². The number of nitrogens with zero attached hydrogens (tertiary/aromatic N) is 2. The lowest BCUT2D eigenvalue weighted by Crippen LogP contribution is -2.27. The number of ether oxygens (including phenoxy) is 1. The Balaban J connectivity index is 2.12. The van der Waals surface area contributed by atoms with E-state index in [4.69, 9.17) is 4.74 Å². The maximum absolute atomic E-state index is 12.2. The molecular formula is C17H18N2O3S. The summed E-state index contributed by atoms with van der Waals surface area (Å²) in [5, 5.41) is 2.45. The number of anilines is 1. The largest absolute Gasteiger partial charge is 0.497 e. The average molecular weight is 330 g/mol. The minimum absolute atomic E-state index is 0.0511. The van der Waals surface area contributed by atoms with E-state index in [-0.39, 0.29) is 11.7 Å². The lowest BCUT2D eigenvalue weighted by Gasteiger charge is -2.14. The molecule has 0 aliphatic heterocycles. The second-order valence-electron chi connectivity index (χ2n) is 4.75. The van der Waals surface area contributed by atoms with E-state index in [2.05, 4.69) is 4.98 Å². The quantitative estimate of drug-likeness (QED) is 0.601. The first-order valence-corrected chi connectivity index (χ1v) is 8.03. The fourth-order valence-electron chi connectivity index (χ4n) is 2.00. The zero-order chi connectivity index (χ0) is 16.8. The van der Waals surface area contributed by atoms with Gasteiger partial charge in [0.15, 0.2) is 10.9 Å². The van der Waals surface area contributed by atoms with Gasteiger partial charge in [0.25, 0.3) is 0 Å². The fourth-order valence-corrected chi connectivity index (χ4v) is 2.90. The van der Waals surface area contributed by atoms with Gasteiger partial charge in [0, 0.05) is 24.4 Å². The third-order valence-corrected chi connectivity index (χ3v) is 4.08. The smallest absolute Gasteiger partial charge is 0.225 e. The third kappa shape index (κ3) is 4.26. The van der Waals surface area contributed by atoms with Crippen LogP contribution in [-0.4, -0.2) is 30.3 Å². The molecule has 6 heteroatoms. The van der Waals surface area contributed by atoms with Crippen LogP contribution >= 0.6 is 11.3 Å². The molecule has 1 aromatic heterocycles. The molecule has 0 bridgehead atoms. The van der Waals surface area contributed by atoms with Crippen molar-refractivity contribution in [1.29, 1.82) is 0 Å². The Bertz CT molecular complexity index is 737. The van der Waals surface area contributed by atoms with Gasteiger partial charge in [-0.25, -0.2) is 4.98 Å². The molecular weight excluding hydrogens is 312 g/mol. The van der Waals surface area contributed by atoms with Crippen LogP contribution in [0.25, 0.3) is 6.08 Å². The van der Waals surface area contributed by atoms with Crippen molar-refractivity contribution in [2.75, 3.05) is 18.6 Å². The van der Waals surface area contributed by atoms with Crippen LogP contribution in [0.1, 0.15) is 29.9 Å². The minimum atomic E-state index is -0.127. The van der Waals surface area contributed by atoms with Crippen molar-refractivity contribution in [3.8, 4) is 5.75 Å². The molecule has 0 saturated carbocycles. The second-order valence-corrected chi connectivity index (χ2v) is 5.58. The van der Waals surface area contributed by atoms with E-state index in [0.29, 0.717) is 28.7 Å². The summed E-state index contributed by atoms with van der Waals surface area (Å²) < 4.78 is 5.11. The van der Waals surface area contributed by atoms with E-state index >= 15 is 0 Å². The van der Waals surface area contributed by atoms with Crippen molar-refractivity contribution < 1.29 is 14.3 Å². The van der Waals surface area contributed by atoms with Crippen molar-refractivity contribution in [2.45, 2.75) is 13.8 Å². The van der Waals surface area contributed by atoms with Gasteiger partial charge in [-0.1, -0.05) is 12.1 Å². The molecule has 0 aliphatic carbocycles. The van der Waals surface area contributed by atoms with Crippen LogP contribution < -0.4 is 9.64 Å². The first-order chi connectivity index (χ1) is 11.0. The highest BCUT2D eigenvalue weighted by Crippen LogP contribution is 2.21. The zero-order valence-corrected chi connectivity index (χ0v) is 14.1. The second kappa shape index (κ2) is 7.69. The molecule has 2 rings (SSSR count). The van der Waals surface area contributed by atoms with Gasteiger partial charge in [0.05, 0.1) is 12.8 Å². The van der Waals surface area contributed by atoms with Crippen LogP contribution in [-0.2, 0) is 4.79 Å². The summed E-state index contributed by atoms with van der Waals surface area (Å²) in [6, 6.07) is 6.98. The third-order valence-electron chi connectivity index (χ3n) is 3.20. The maximum Gasteiger partial charge on any atom is 0.225 e. The van der Waals surface area contributed by atoms with Gasteiger partial charge in [-0.3, -0.25) is 14.5 Å². The number of methoxy groups -OCH3 is 1. The van der Waals surface area contributed by atoms with Crippen LogP contribution in [0.2, 0.25) is 0 Å². The Morgan fingerprint density at radius 1 is 1.39 bits per heavy atom. The number of carbonyl (C=O) groups is 2. The van der Waals surface area contributed by atoms with Crippen LogP contribution in [0.5, 0.6) is 5.75 Å². The van der Waals surface area contributed by atoms with Crippen molar-refractivity contribution in [1.82, 2.24) is 4.98 Å². The molecule has 0 radical (unpaired) electrons. The van der Waals surface area contributed by atoms with Gasteiger partial charge < -0.3 is 4.74 Å². The first kappa shape index (κ1) is 16.9. The number of benzene rings is 1. The Hall–Kier alpha value is -2.47. The summed E-state index contributed by atoms with van der Waals surface area (Å²) in [4.78, 5) is 29.6. The molecule has 1 amide bonds. The molecule has 0 fully saturated rings. The molecule has 0 saturated heterocycles. The molecule has 120 valence electrons. The number of rotatable bonds is 6. The van der Waals surface area contributed by atoms with Crippen molar-refractivity contribution in [3.63, 3.8) is 0 Å². The number of allylic oxidation sites excluding steroid dienone is 1. The van der Waals surface area contributed by atoms with Gasteiger partial charge >= 0.3 is 0 Å². The molecule has 0 atom stereocenters. The van der Waals surface area contributed by atoms with Gasteiger partial charge in [0.1, 0.15) is 5.75 Å². The standard InChI is InChI=1S/C17H18N2O3S/c1-4-19(12(2)20)17-18-14(11-23-17)8-9-16(21)13-6-5-7-15(10-13)22-3/h5-11H,4H2,1-3H3/b9-8+. The maximum atomic E-state index is 12.2. The van der Waals surface area contributed by atoms with Crippen LogP contribution in [0, 0.1) is 0 Å². The molecule has 0 N–H and O–H groups in total. The van der Waals surface area contributed by atoms with Crippen LogP contribution in [0.4, 0.5) is 5.13 Å². The summed E-state index contributed by atoms with van der Waals surface area (Å²) in [6.07, 6.45) is 3.12. The average Bonchev–Trinajstić information content (AvgIpc) is 3.01. The highest BCUT2D eigenvalue weighted by molar-refractivity contribution is 7.14. The summed E-state index contributed by atoms with van der Waals surface area (Å²) in [5.74, 6) is 0.461. The van der Waals surface area contributed by atoms with Crippen molar-refractivity contribution >= 4 is 34.2 Å². The lowest BCUT2D eigenvalue weighted by molar-refractivity contribution is -0.116. The number of thiazole rings is 1. The Morgan fingerprint density at radius 3 is 2.83 bits per heavy atom. The fraction of sp³-hybridized carbons (Fsp3) is 0.235. The Labute approximate surface area is 139 Å². The Morgan fingerprint density at radius 2 is 2.17 bits per heavy atom. The van der Waals surface area contributed by atoms with E-state index in [1.807, 2.05) is 12.3 Å². The molecule has 1 heterocycles. The minimum Gasteiger partial charge on any atom is -0.497 e. The van der Waals surface area contributed by atoms with Crippen LogP contribution in [0.3, 0.4) is 0 Å². The summed E-state index contributed by atoms with van der Waals surface area (Å²) in [7, 11) is 1.56. The highest BCUT2D eigenvalue weighted by atomic mass is 32.1. The summed E-state index contributed by atoms with van der Waals surface area (Å²) >= 11 is 1.38. The molecule has 23 heavy (non-hydrogen) atoms. The van der Waals surface area contributed by atoms with E-state index in [9.17, 15) is 9.59 Å². The van der Waals surface area contributed by atoms with E-state index < -0.39 is 0 Å². The normalized spacial score (nSPS) is 10.7. The molecule has 5 nitrogen and oxygen atoms in total. The molecule has 2 aromatic rings. The highest BCUT2D eigenvalue weighted by Gasteiger charge is 2.12. The van der Waals surface area contributed by atoms with E-state index in [0.717, 1.165) is 0 Å². The summed E-state index contributed by atoms with van der Waals surface area (Å²) in [6.45, 7) is 3.96. The van der Waals surface area contributed by atoms with Gasteiger partial charge in [0.2, 0.25) is 5.91 Å². The zero-order valence-electron chi connectivity index (χ0n) is 13.3. The molecule has 1 aromatic carbocycles. The van der Waals surface area contributed by atoms with Gasteiger partial charge in [-0.15, -0.1) is 11.3 Å². The number of amides is 1. The Kier molecular flexibility index (Phi) is 5.65. The van der Waals surface area contributed by atoms with E-state index in [1.165, 1.54) is 24.3 Å². The lowest BCUT2D eigenvalue weighted by atomic mass is 10.1. The van der Waals surface area contributed by atoms with Crippen LogP contribution in [0.15, 0.2) is 35.7 Å². The number of hydrogen-bond acceptors (Lipinski definition) is 5. The van der Waals surface area contributed by atoms with Crippen molar-refractivity contribution in [3.05, 3.63) is 47.0 Å². The number of aromatic nitrogens is 1. The number of carbonyl (C=O) groups excluding carboxylic acids is 2. The predicted octanol–water partition coefficient (Wildman–Crippen LogP) is 3.42. The van der Waals surface area contributed by atoms with Gasteiger partial charge in [-0.2, -0.15) is 0 Å². The molecule has 0 aliphatic rings. The molecule has 0 unspecified atom stereocenters. The number of ketones is 1. The SMILES string of the molecule is CCN(C(C)=O)c1nc(/C=C/C(=O)c2cccc(OC)c2)cs1. The molecule has 0 spiro atoms. The first-order valence-electron chi connectivity index (χ1n) is 7.15. The van der Waals surface area contributed by atoms with Crippen molar-refractivity contribution in [2.24, 2.45) is 0 Å². The summed E-state index contributed by atoms with van der Waals surface area (Å²) in [5.41, 5.74) is 1.20. The number of hydrogen-bond donors (Lipinski definition) is 0. The van der Waals surface area contributed by atoms with Gasteiger partial charge in [-0.05, 0) is 31.2 Å².